The van der Waals surface area contributed by atoms with Gasteiger partial charge in [0.15, 0.2) is 12.1 Å². The van der Waals surface area contributed by atoms with E-state index in [4.69, 9.17) is 4.74 Å². The molecule has 2 aliphatic rings. The Balaban J connectivity index is 1.61. The van der Waals surface area contributed by atoms with Crippen LogP contribution in [0.15, 0.2) is 24.3 Å². The number of rotatable bonds is 5. The molecule has 0 aromatic heterocycles. The van der Waals surface area contributed by atoms with Crippen LogP contribution in [0.1, 0.15) is 12.0 Å². The summed E-state index contributed by atoms with van der Waals surface area (Å²) >= 11 is 0. The second-order valence-electron chi connectivity index (χ2n) is 6.37. The Kier molecular flexibility index (Phi) is 5.36. The average Bonchev–Trinajstić information content (AvgIpc) is 2.89. The summed E-state index contributed by atoms with van der Waals surface area (Å²) in [7, 11) is 0. The lowest BCUT2D eigenvalue weighted by Gasteiger charge is -2.33. The van der Waals surface area contributed by atoms with Crippen LogP contribution in [-0.4, -0.2) is 61.2 Å². The minimum Gasteiger partial charge on any atom is -0.493 e. The van der Waals surface area contributed by atoms with E-state index in [9.17, 15) is 32.3 Å². The molecule has 9 nitrogen and oxygen atoms in total. The van der Waals surface area contributed by atoms with Gasteiger partial charge in [-0.05, 0) is 6.07 Å². The van der Waals surface area contributed by atoms with E-state index in [1.807, 2.05) is 0 Å². The van der Waals surface area contributed by atoms with Gasteiger partial charge in [0, 0.05) is 12.0 Å². The van der Waals surface area contributed by atoms with Gasteiger partial charge in [0.25, 0.3) is 11.8 Å². The molecule has 4 amide bonds. The molecule has 1 aromatic rings. The number of ether oxygens (including phenoxy) is 2. The van der Waals surface area contributed by atoms with Crippen molar-refractivity contribution in [3.05, 3.63) is 29.8 Å². The molecule has 1 fully saturated rings. The number of fused-ring (bicyclic) bond motifs is 2. The van der Waals surface area contributed by atoms with E-state index in [0.29, 0.717) is 16.2 Å². The van der Waals surface area contributed by atoms with Gasteiger partial charge in [-0.15, -0.1) is 0 Å². The number of esters is 1. The Morgan fingerprint density at radius 1 is 1.28 bits per heavy atom. The van der Waals surface area contributed by atoms with Crippen LogP contribution in [0.25, 0.3) is 0 Å². The summed E-state index contributed by atoms with van der Waals surface area (Å²) in [4.78, 5) is 49.0. The number of urea groups is 1. The number of para-hydroxylation sites is 1. The van der Waals surface area contributed by atoms with Gasteiger partial charge >= 0.3 is 18.2 Å². The third kappa shape index (κ3) is 4.25. The Morgan fingerprint density at radius 2 is 2.00 bits per heavy atom. The molecule has 156 valence electrons. The van der Waals surface area contributed by atoms with E-state index in [0.717, 1.165) is 0 Å². The van der Waals surface area contributed by atoms with Gasteiger partial charge in [0.05, 0.1) is 6.61 Å². The quantitative estimate of drug-likeness (QED) is 0.533. The number of benzene rings is 1. The van der Waals surface area contributed by atoms with E-state index in [2.05, 4.69) is 10.1 Å². The highest BCUT2D eigenvalue weighted by molar-refractivity contribution is 6.09. The number of hydrogen-bond acceptors (Lipinski definition) is 6. The number of carbonyl (C=O) groups is 4. The maximum Gasteiger partial charge on any atom is 0.405 e. The summed E-state index contributed by atoms with van der Waals surface area (Å²) < 4.78 is 46.1. The Labute approximate surface area is 162 Å². The first-order valence-electron chi connectivity index (χ1n) is 8.48. The van der Waals surface area contributed by atoms with Crippen molar-refractivity contribution in [1.82, 2.24) is 15.5 Å². The van der Waals surface area contributed by atoms with Gasteiger partial charge in [-0.25, -0.2) is 4.79 Å². The SMILES string of the molecule is O=C(COC(=O)CN1C(=O)N[C@@]2(CCOc3ccccc32)C1=O)NCC(F)(F)F. The largest absolute Gasteiger partial charge is 0.493 e. The van der Waals surface area contributed by atoms with E-state index >= 15 is 0 Å². The molecule has 1 saturated heterocycles. The van der Waals surface area contributed by atoms with Crippen molar-refractivity contribution in [3.8, 4) is 5.75 Å². The van der Waals surface area contributed by atoms with Gasteiger partial charge in [-0.1, -0.05) is 18.2 Å². The monoisotopic (exact) mass is 415 g/mol. The molecule has 2 heterocycles. The van der Waals surface area contributed by atoms with E-state index in [1.54, 1.807) is 24.3 Å². The minimum absolute atomic E-state index is 0.153. The number of carbonyl (C=O) groups excluding carboxylic acids is 4. The first kappa shape index (κ1) is 20.4. The average molecular weight is 415 g/mol. The van der Waals surface area contributed by atoms with Gasteiger partial charge < -0.3 is 20.1 Å². The zero-order chi connectivity index (χ0) is 21.2. The number of hydrogen-bond donors (Lipinski definition) is 2. The zero-order valence-corrected chi connectivity index (χ0v) is 14.9. The number of amides is 4. The van der Waals surface area contributed by atoms with Crippen molar-refractivity contribution in [1.29, 1.82) is 0 Å². The van der Waals surface area contributed by atoms with E-state index in [-0.39, 0.29) is 13.0 Å². The number of alkyl halides is 3. The lowest BCUT2D eigenvalue weighted by Crippen LogP contribution is -2.47. The fourth-order valence-electron chi connectivity index (χ4n) is 3.09. The number of halogens is 3. The van der Waals surface area contributed by atoms with Crippen molar-refractivity contribution >= 4 is 23.8 Å². The molecule has 0 radical (unpaired) electrons. The molecule has 29 heavy (non-hydrogen) atoms. The minimum atomic E-state index is -4.60. The van der Waals surface area contributed by atoms with Crippen LogP contribution in [-0.2, 0) is 24.7 Å². The standard InChI is InChI=1S/C17H16F3N3O6/c18-17(19,20)9-21-12(24)8-29-13(25)7-23-14(26)16(22-15(23)27)5-6-28-11-4-2-1-3-10(11)16/h1-4H,5-9H2,(H,21,24)(H,22,27)/t16-/m1/s1. The molecule has 0 saturated carbocycles. The van der Waals surface area contributed by atoms with E-state index in [1.165, 1.54) is 5.32 Å². The van der Waals surface area contributed by atoms with Crippen molar-refractivity contribution in [2.45, 2.75) is 18.1 Å². The van der Waals surface area contributed by atoms with Crippen LogP contribution < -0.4 is 15.4 Å². The number of imide groups is 1. The molecule has 0 bridgehead atoms. The fraction of sp³-hybridized carbons (Fsp3) is 0.412. The molecule has 0 aliphatic carbocycles. The topological polar surface area (TPSA) is 114 Å². The van der Waals surface area contributed by atoms with Crippen LogP contribution in [0.3, 0.4) is 0 Å². The lowest BCUT2D eigenvalue weighted by atomic mass is 9.84. The lowest BCUT2D eigenvalue weighted by molar-refractivity contribution is -0.153. The van der Waals surface area contributed by atoms with Gasteiger partial charge in [-0.2, -0.15) is 13.2 Å². The van der Waals surface area contributed by atoms with Crippen molar-refractivity contribution in [2.24, 2.45) is 0 Å². The zero-order valence-electron chi connectivity index (χ0n) is 14.9. The molecule has 2 N–H and O–H groups in total. The van der Waals surface area contributed by atoms with Crippen LogP contribution in [0.5, 0.6) is 5.75 Å². The van der Waals surface area contributed by atoms with Crippen LogP contribution in [0.4, 0.5) is 18.0 Å². The number of nitrogens with one attached hydrogen (secondary N) is 2. The molecule has 0 unspecified atom stereocenters. The molecule has 12 heteroatoms. The normalized spacial score (nSPS) is 20.7. The van der Waals surface area contributed by atoms with Crippen LogP contribution >= 0.6 is 0 Å². The third-order valence-electron chi connectivity index (χ3n) is 4.39. The molecule has 1 aromatic carbocycles. The predicted molar refractivity (Wildman–Crippen MR) is 88.5 cm³/mol. The molecular weight excluding hydrogens is 399 g/mol. The summed E-state index contributed by atoms with van der Waals surface area (Å²) in [6.45, 7) is -3.16. The molecular formula is C17H16F3N3O6. The molecule has 1 atom stereocenters. The first-order chi connectivity index (χ1) is 13.6. The second kappa shape index (κ2) is 7.60. The van der Waals surface area contributed by atoms with Crippen molar-refractivity contribution < 1.29 is 41.8 Å². The van der Waals surface area contributed by atoms with Gasteiger partial charge in [0.1, 0.15) is 18.8 Å². The van der Waals surface area contributed by atoms with Crippen LogP contribution in [0.2, 0.25) is 0 Å². The Hall–Kier alpha value is -3.31. The summed E-state index contributed by atoms with van der Waals surface area (Å²) in [5.74, 6) is -2.54. The highest BCUT2D eigenvalue weighted by Crippen LogP contribution is 2.40. The highest BCUT2D eigenvalue weighted by Gasteiger charge is 2.55. The smallest absolute Gasteiger partial charge is 0.405 e. The Morgan fingerprint density at radius 3 is 2.72 bits per heavy atom. The maximum atomic E-state index is 12.9. The summed E-state index contributed by atoms with van der Waals surface area (Å²) in [5, 5.41) is 4.11. The summed E-state index contributed by atoms with van der Waals surface area (Å²) in [6, 6.07) is 5.82. The Bertz CT molecular complexity index is 859. The predicted octanol–water partition coefficient (Wildman–Crippen LogP) is 0.438. The summed E-state index contributed by atoms with van der Waals surface area (Å²) in [5.41, 5.74) is -0.928. The number of nitrogens with zero attached hydrogens (tertiary/aromatic N) is 1. The second-order valence-corrected chi connectivity index (χ2v) is 6.37. The fourth-order valence-corrected chi connectivity index (χ4v) is 3.09. The first-order valence-corrected chi connectivity index (χ1v) is 8.48. The summed E-state index contributed by atoms with van der Waals surface area (Å²) in [6.07, 6.45) is -4.45. The highest BCUT2D eigenvalue weighted by atomic mass is 19.4. The van der Waals surface area contributed by atoms with Gasteiger partial charge in [-0.3, -0.25) is 19.3 Å². The molecule has 1 spiro atoms. The van der Waals surface area contributed by atoms with Crippen molar-refractivity contribution in [2.75, 3.05) is 26.3 Å². The molecule has 2 aliphatic heterocycles. The maximum absolute atomic E-state index is 12.9. The van der Waals surface area contributed by atoms with Crippen LogP contribution in [0, 0.1) is 0 Å². The third-order valence-corrected chi connectivity index (χ3v) is 4.39. The van der Waals surface area contributed by atoms with Crippen molar-refractivity contribution in [3.63, 3.8) is 0 Å². The van der Waals surface area contributed by atoms with Gasteiger partial charge in [0.2, 0.25) is 0 Å². The molecule has 3 rings (SSSR count). The van der Waals surface area contributed by atoms with E-state index < -0.39 is 55.2 Å².